The number of rotatable bonds is 2. The highest BCUT2D eigenvalue weighted by molar-refractivity contribution is 4.80. The van der Waals surface area contributed by atoms with Gasteiger partial charge in [-0.25, -0.2) is 0 Å². The third-order valence-electron chi connectivity index (χ3n) is 1.05. The normalized spacial score (nSPS) is 32.6. The molecule has 0 aromatic carbocycles. The molecule has 0 aliphatic carbocycles. The quantitative estimate of drug-likeness (QED) is 0.427. The van der Waals surface area contributed by atoms with Crippen LogP contribution in [-0.4, -0.2) is 30.5 Å². The van der Waals surface area contributed by atoms with Gasteiger partial charge in [0, 0.05) is 0 Å². The summed E-state index contributed by atoms with van der Waals surface area (Å²) in [6, 6.07) is -0.153. The number of epoxide rings is 1. The fourth-order valence-corrected chi connectivity index (χ4v) is 0.420. The van der Waals surface area contributed by atoms with Crippen LogP contribution < -0.4 is 5.73 Å². The summed E-state index contributed by atoms with van der Waals surface area (Å²) in [6.07, 6.45) is 0.144. The van der Waals surface area contributed by atoms with Gasteiger partial charge >= 0.3 is 0 Å². The predicted octanol–water partition coefficient (Wildman–Crippen LogP) is -1.30. The van der Waals surface area contributed by atoms with Gasteiger partial charge < -0.3 is 15.6 Å². The van der Waals surface area contributed by atoms with Crippen LogP contribution in [0.15, 0.2) is 0 Å². The molecule has 1 saturated heterocycles. The number of nitrogens with two attached hydrogens (primary N) is 1. The molecule has 0 amide bonds. The van der Waals surface area contributed by atoms with Gasteiger partial charge in [-0.3, -0.25) is 0 Å². The Hall–Kier alpha value is -0.120. The summed E-state index contributed by atoms with van der Waals surface area (Å²) in [7, 11) is 0. The molecular formula is C4H9NO2. The molecule has 3 nitrogen and oxygen atoms in total. The summed E-state index contributed by atoms with van der Waals surface area (Å²) in [6.45, 7) is 0.756. The van der Waals surface area contributed by atoms with E-state index in [9.17, 15) is 0 Å². The fraction of sp³-hybridized carbons (Fsp3) is 1.00. The predicted molar refractivity (Wildman–Crippen MR) is 24.8 cm³/mol. The fourth-order valence-electron chi connectivity index (χ4n) is 0.420. The van der Waals surface area contributed by atoms with Gasteiger partial charge in [-0.05, 0) is 0 Å². The minimum absolute atomic E-state index is 0.0324. The number of hydrogen-bond acceptors (Lipinski definition) is 3. The van der Waals surface area contributed by atoms with Crippen LogP contribution in [0.1, 0.15) is 0 Å². The zero-order chi connectivity index (χ0) is 5.28. The average Bonchev–Trinajstić information content (AvgIpc) is 2.44. The standard InChI is InChI=1S/C4H9NO2/c5-3(1-6)4-2-7-4/h3-4,6H,1-2,5H2. The van der Waals surface area contributed by atoms with Gasteiger partial charge in [0.25, 0.3) is 0 Å². The average molecular weight is 103 g/mol. The second-order valence-corrected chi connectivity index (χ2v) is 1.72. The van der Waals surface area contributed by atoms with E-state index in [1.54, 1.807) is 0 Å². The molecular weight excluding hydrogens is 94.0 g/mol. The zero-order valence-electron chi connectivity index (χ0n) is 4.00. The minimum atomic E-state index is -0.153. The SMILES string of the molecule is NC(CO)C1CO1. The third kappa shape index (κ3) is 1.12. The van der Waals surface area contributed by atoms with E-state index in [1.165, 1.54) is 0 Å². The van der Waals surface area contributed by atoms with Gasteiger partial charge in [-0.1, -0.05) is 0 Å². The molecule has 7 heavy (non-hydrogen) atoms. The Morgan fingerprint density at radius 1 is 2.00 bits per heavy atom. The molecule has 42 valence electrons. The van der Waals surface area contributed by atoms with Crippen molar-refractivity contribution in [2.45, 2.75) is 12.1 Å². The zero-order valence-corrected chi connectivity index (χ0v) is 4.00. The molecule has 2 atom stereocenters. The van der Waals surface area contributed by atoms with E-state index in [0.717, 1.165) is 6.61 Å². The molecule has 0 radical (unpaired) electrons. The lowest BCUT2D eigenvalue weighted by Crippen LogP contribution is -2.30. The van der Waals surface area contributed by atoms with Crippen LogP contribution in [0.25, 0.3) is 0 Å². The highest BCUT2D eigenvalue weighted by atomic mass is 16.6. The van der Waals surface area contributed by atoms with E-state index in [-0.39, 0.29) is 18.8 Å². The van der Waals surface area contributed by atoms with Gasteiger partial charge in [0.05, 0.1) is 25.4 Å². The van der Waals surface area contributed by atoms with Crippen molar-refractivity contribution < 1.29 is 9.84 Å². The van der Waals surface area contributed by atoms with Crippen LogP contribution in [0.5, 0.6) is 0 Å². The molecule has 0 bridgehead atoms. The van der Waals surface area contributed by atoms with Crippen LogP contribution in [0.4, 0.5) is 0 Å². The Kier molecular flexibility index (Phi) is 1.27. The first-order chi connectivity index (χ1) is 3.34. The van der Waals surface area contributed by atoms with Crippen LogP contribution >= 0.6 is 0 Å². The van der Waals surface area contributed by atoms with Crippen molar-refractivity contribution >= 4 is 0 Å². The number of ether oxygens (including phenoxy) is 1. The number of hydrogen-bond donors (Lipinski definition) is 2. The molecule has 2 unspecified atom stereocenters. The van der Waals surface area contributed by atoms with Crippen molar-refractivity contribution in [1.29, 1.82) is 0 Å². The highest BCUT2D eigenvalue weighted by Gasteiger charge is 2.28. The Morgan fingerprint density at radius 3 is 2.71 bits per heavy atom. The van der Waals surface area contributed by atoms with E-state index in [4.69, 9.17) is 15.6 Å². The molecule has 0 aromatic heterocycles. The van der Waals surface area contributed by atoms with Crippen molar-refractivity contribution in [2.75, 3.05) is 13.2 Å². The molecule has 1 heterocycles. The van der Waals surface area contributed by atoms with Gasteiger partial charge in [0.2, 0.25) is 0 Å². The Labute approximate surface area is 42.1 Å². The smallest absolute Gasteiger partial charge is 0.0982 e. The first-order valence-corrected chi connectivity index (χ1v) is 2.32. The van der Waals surface area contributed by atoms with Crippen LogP contribution in [0.2, 0.25) is 0 Å². The van der Waals surface area contributed by atoms with Crippen molar-refractivity contribution in [1.82, 2.24) is 0 Å². The van der Waals surface area contributed by atoms with Crippen molar-refractivity contribution in [3.8, 4) is 0 Å². The van der Waals surface area contributed by atoms with Crippen molar-refractivity contribution in [2.24, 2.45) is 5.73 Å². The molecule has 3 N–H and O–H groups in total. The second kappa shape index (κ2) is 1.78. The van der Waals surface area contributed by atoms with Gasteiger partial charge in [-0.2, -0.15) is 0 Å². The third-order valence-corrected chi connectivity index (χ3v) is 1.05. The van der Waals surface area contributed by atoms with E-state index in [1.807, 2.05) is 0 Å². The molecule has 1 aliphatic heterocycles. The number of aliphatic hydroxyl groups is 1. The lowest BCUT2D eigenvalue weighted by molar-refractivity contribution is 0.237. The van der Waals surface area contributed by atoms with Crippen molar-refractivity contribution in [3.05, 3.63) is 0 Å². The topological polar surface area (TPSA) is 58.8 Å². The summed E-state index contributed by atoms with van der Waals surface area (Å²) < 4.78 is 4.78. The summed E-state index contributed by atoms with van der Waals surface area (Å²) in [5.74, 6) is 0. The summed E-state index contributed by atoms with van der Waals surface area (Å²) in [5.41, 5.74) is 5.30. The molecule has 0 spiro atoms. The van der Waals surface area contributed by atoms with Gasteiger partial charge in [0.1, 0.15) is 0 Å². The first kappa shape index (κ1) is 5.03. The van der Waals surface area contributed by atoms with Crippen LogP contribution in [0, 0.1) is 0 Å². The molecule has 0 saturated carbocycles. The van der Waals surface area contributed by atoms with Crippen molar-refractivity contribution in [3.63, 3.8) is 0 Å². The molecule has 3 heteroatoms. The second-order valence-electron chi connectivity index (χ2n) is 1.72. The van der Waals surface area contributed by atoms with Crippen LogP contribution in [0.3, 0.4) is 0 Å². The molecule has 1 rings (SSSR count). The maximum atomic E-state index is 8.34. The van der Waals surface area contributed by atoms with E-state index in [2.05, 4.69) is 0 Å². The largest absolute Gasteiger partial charge is 0.395 e. The summed E-state index contributed by atoms with van der Waals surface area (Å²) >= 11 is 0. The maximum Gasteiger partial charge on any atom is 0.0982 e. The van der Waals surface area contributed by atoms with Gasteiger partial charge in [-0.15, -0.1) is 0 Å². The van der Waals surface area contributed by atoms with E-state index in [0.29, 0.717) is 0 Å². The number of aliphatic hydroxyl groups excluding tert-OH is 1. The Balaban J connectivity index is 2.10. The van der Waals surface area contributed by atoms with Crippen LogP contribution in [-0.2, 0) is 4.74 Å². The monoisotopic (exact) mass is 103 g/mol. The molecule has 0 aromatic rings. The summed E-state index contributed by atoms with van der Waals surface area (Å²) in [4.78, 5) is 0. The summed E-state index contributed by atoms with van der Waals surface area (Å²) in [5, 5.41) is 8.34. The maximum absolute atomic E-state index is 8.34. The molecule has 1 aliphatic rings. The Morgan fingerprint density at radius 2 is 2.57 bits per heavy atom. The first-order valence-electron chi connectivity index (χ1n) is 2.32. The Bertz CT molecular complexity index is 62.7. The minimum Gasteiger partial charge on any atom is -0.395 e. The van der Waals surface area contributed by atoms with E-state index < -0.39 is 0 Å². The van der Waals surface area contributed by atoms with E-state index >= 15 is 0 Å². The lowest BCUT2D eigenvalue weighted by atomic mass is 10.3. The van der Waals surface area contributed by atoms with Gasteiger partial charge in [0.15, 0.2) is 0 Å². The molecule has 1 fully saturated rings. The lowest BCUT2D eigenvalue weighted by Gasteiger charge is -1.98. The highest BCUT2D eigenvalue weighted by Crippen LogP contribution is 2.10.